The number of anilines is 1. The van der Waals surface area contributed by atoms with E-state index in [4.69, 9.17) is 18.0 Å². The minimum atomic E-state index is -4.57. The lowest BCUT2D eigenvalue weighted by Crippen LogP contribution is -2.33. The summed E-state index contributed by atoms with van der Waals surface area (Å²) in [5.41, 5.74) is -1.75. The maximum absolute atomic E-state index is 13.1. The van der Waals surface area contributed by atoms with Gasteiger partial charge in [-0.3, -0.25) is 14.2 Å². The molecule has 0 saturated carbocycles. The number of hydrogen-bond acceptors (Lipinski definition) is 3. The highest BCUT2D eigenvalue weighted by molar-refractivity contribution is 6.30. The summed E-state index contributed by atoms with van der Waals surface area (Å²) in [4.78, 5) is 37.6. The highest BCUT2D eigenvalue weighted by Crippen LogP contribution is 2.29. The van der Waals surface area contributed by atoms with Crippen LogP contribution in [0.5, 0.6) is 0 Å². The van der Waals surface area contributed by atoms with E-state index in [0.29, 0.717) is 10.6 Å². The lowest BCUT2D eigenvalue weighted by molar-refractivity contribution is -0.141. The van der Waals surface area contributed by atoms with Crippen molar-refractivity contribution < 1.29 is 27.9 Å². The Morgan fingerprint density at radius 1 is 1.09 bits per heavy atom. The van der Waals surface area contributed by atoms with E-state index >= 15 is 0 Å². The molecule has 1 heterocycles. The third-order valence-electron chi connectivity index (χ3n) is 4.95. The average Bonchev–Trinajstić information content (AvgIpc) is 2.79. The van der Waals surface area contributed by atoms with Crippen molar-refractivity contribution in [2.24, 2.45) is 0 Å². The molecule has 6 nitrogen and oxygen atoms in total. The van der Waals surface area contributed by atoms with Gasteiger partial charge in [-0.25, -0.2) is 4.79 Å². The van der Waals surface area contributed by atoms with Crippen LogP contribution in [-0.2, 0) is 17.4 Å². The quantitative estimate of drug-likeness (QED) is 0.495. The van der Waals surface area contributed by atoms with Crippen LogP contribution in [0.15, 0.2) is 65.6 Å². The summed E-state index contributed by atoms with van der Waals surface area (Å²) in [7, 11) is 0. The molecule has 2 aromatic carbocycles. The molecule has 0 spiro atoms. The number of halogens is 4. The number of pyridine rings is 1. The molecule has 0 aliphatic rings. The van der Waals surface area contributed by atoms with Gasteiger partial charge in [0.1, 0.15) is 11.7 Å². The predicted octanol–water partition coefficient (Wildman–Crippen LogP) is 4.62. The molecular weight excluding hydrogens is 473 g/mol. The zero-order chi connectivity index (χ0) is 25.0. The molecule has 2 N–H and O–H groups in total. The third kappa shape index (κ3) is 5.47. The summed E-state index contributed by atoms with van der Waals surface area (Å²) in [5, 5.41) is 12.5. The van der Waals surface area contributed by atoms with E-state index in [2.05, 4.69) is 11.2 Å². The summed E-state index contributed by atoms with van der Waals surface area (Å²) in [6.45, 7) is 0. The number of alkyl halides is 3. The zero-order valence-corrected chi connectivity index (χ0v) is 18.0. The summed E-state index contributed by atoms with van der Waals surface area (Å²) in [5.74, 6) is 0.0496. The Hall–Kier alpha value is -4.03. The van der Waals surface area contributed by atoms with E-state index in [0.717, 1.165) is 28.8 Å². The molecule has 0 radical (unpaired) electrons. The van der Waals surface area contributed by atoms with Crippen LogP contribution in [0.25, 0.3) is 0 Å². The van der Waals surface area contributed by atoms with Crippen molar-refractivity contribution in [3.8, 4) is 12.3 Å². The number of carboxylic acid groups (broad SMARTS) is 1. The molecule has 34 heavy (non-hydrogen) atoms. The van der Waals surface area contributed by atoms with Crippen LogP contribution in [0.4, 0.5) is 18.9 Å². The van der Waals surface area contributed by atoms with Gasteiger partial charge >= 0.3 is 12.1 Å². The Kier molecular flexibility index (Phi) is 7.13. The van der Waals surface area contributed by atoms with Gasteiger partial charge in [-0.15, -0.1) is 6.42 Å². The van der Waals surface area contributed by atoms with Gasteiger partial charge in [0.05, 0.1) is 11.1 Å². The number of amides is 1. The smallest absolute Gasteiger partial charge is 0.416 e. The van der Waals surface area contributed by atoms with Crippen LogP contribution in [0, 0.1) is 12.3 Å². The molecule has 0 fully saturated rings. The number of benzene rings is 2. The Labute approximate surface area is 196 Å². The minimum Gasteiger partial charge on any atom is -0.480 e. The first-order valence-corrected chi connectivity index (χ1v) is 10.1. The fraction of sp³-hybridized carbons (Fsp3) is 0.125. The van der Waals surface area contributed by atoms with Gasteiger partial charge in [-0.2, -0.15) is 13.2 Å². The second-order valence-electron chi connectivity index (χ2n) is 7.18. The number of nitrogens with one attached hydrogen (secondary N) is 1. The molecule has 174 valence electrons. The van der Waals surface area contributed by atoms with Crippen molar-refractivity contribution in [1.29, 1.82) is 0 Å². The van der Waals surface area contributed by atoms with Crippen LogP contribution < -0.4 is 10.9 Å². The molecule has 1 atom stereocenters. The fourth-order valence-corrected chi connectivity index (χ4v) is 3.31. The second kappa shape index (κ2) is 9.85. The van der Waals surface area contributed by atoms with Gasteiger partial charge in [0.15, 0.2) is 0 Å². The van der Waals surface area contributed by atoms with Crippen molar-refractivity contribution in [1.82, 2.24) is 4.57 Å². The molecular formula is C24H16ClF3N2O4. The van der Waals surface area contributed by atoms with Crippen LogP contribution in [0.2, 0.25) is 5.02 Å². The van der Waals surface area contributed by atoms with Crippen LogP contribution in [0.3, 0.4) is 0 Å². The van der Waals surface area contributed by atoms with Crippen LogP contribution >= 0.6 is 11.6 Å². The fourth-order valence-electron chi connectivity index (χ4n) is 3.18. The van der Waals surface area contributed by atoms with Gasteiger partial charge in [-0.1, -0.05) is 29.7 Å². The summed E-state index contributed by atoms with van der Waals surface area (Å²) >= 11 is 5.85. The Morgan fingerprint density at radius 3 is 2.24 bits per heavy atom. The molecule has 0 aliphatic carbocycles. The monoisotopic (exact) mass is 488 g/mol. The Morgan fingerprint density at radius 2 is 1.71 bits per heavy atom. The normalized spacial score (nSPS) is 12.0. The van der Waals surface area contributed by atoms with E-state index in [9.17, 15) is 32.7 Å². The summed E-state index contributed by atoms with van der Waals surface area (Å²) < 4.78 is 39.2. The number of terminal acetylenes is 1. The Bertz CT molecular complexity index is 1320. The molecule has 1 aromatic heterocycles. The molecule has 0 bridgehead atoms. The number of nitrogens with zero attached hydrogens (tertiary/aromatic N) is 1. The molecule has 0 saturated heterocycles. The number of carbonyl (C=O) groups excluding carboxylic acids is 1. The first-order chi connectivity index (χ1) is 16.0. The minimum absolute atomic E-state index is 0.0165. The van der Waals surface area contributed by atoms with Crippen molar-refractivity contribution >= 4 is 29.2 Å². The van der Waals surface area contributed by atoms with E-state index in [1.54, 1.807) is 24.3 Å². The maximum Gasteiger partial charge on any atom is 0.416 e. The SMILES string of the molecule is C#Cc1ccn(C(Cc2ccc(Cl)cc2)C(=O)O)c(=O)c1NC(=O)c1ccc(C(F)(F)F)cc1. The van der Waals surface area contributed by atoms with Gasteiger partial charge < -0.3 is 10.4 Å². The van der Waals surface area contributed by atoms with Gasteiger partial charge in [0.2, 0.25) is 0 Å². The highest BCUT2D eigenvalue weighted by Gasteiger charge is 2.30. The average molecular weight is 489 g/mol. The van der Waals surface area contributed by atoms with Crippen molar-refractivity contribution in [2.45, 2.75) is 18.6 Å². The van der Waals surface area contributed by atoms with E-state index in [1.165, 1.54) is 12.3 Å². The van der Waals surface area contributed by atoms with E-state index in [-0.39, 0.29) is 23.2 Å². The first-order valence-electron chi connectivity index (χ1n) is 9.69. The number of rotatable bonds is 6. The van der Waals surface area contributed by atoms with E-state index < -0.39 is 35.2 Å². The van der Waals surface area contributed by atoms with Crippen molar-refractivity contribution in [3.63, 3.8) is 0 Å². The molecule has 1 amide bonds. The van der Waals surface area contributed by atoms with Gasteiger partial charge in [-0.05, 0) is 48.0 Å². The number of aromatic nitrogens is 1. The number of hydrogen-bond donors (Lipinski definition) is 2. The number of carboxylic acids is 1. The van der Waals surface area contributed by atoms with Crippen LogP contribution in [-0.4, -0.2) is 21.6 Å². The number of carbonyl (C=O) groups is 2. The maximum atomic E-state index is 13.1. The lowest BCUT2D eigenvalue weighted by atomic mass is 10.1. The van der Waals surface area contributed by atoms with E-state index in [1.807, 2.05) is 0 Å². The van der Waals surface area contributed by atoms with Gasteiger partial charge in [0, 0.05) is 23.2 Å². The molecule has 0 aliphatic heterocycles. The van der Waals surface area contributed by atoms with Crippen molar-refractivity contribution in [2.75, 3.05) is 5.32 Å². The molecule has 3 aromatic rings. The van der Waals surface area contributed by atoms with Crippen molar-refractivity contribution in [3.05, 3.63) is 98.4 Å². The topological polar surface area (TPSA) is 88.4 Å². The van der Waals surface area contributed by atoms with Crippen LogP contribution in [0.1, 0.15) is 33.1 Å². The standard InChI is InChI=1S/C24H16ClF3N2O4/c1-2-15-11-12-30(19(23(33)34)13-14-3-9-18(25)10-4-14)22(32)20(15)29-21(31)16-5-7-17(8-6-16)24(26,27)28/h1,3-12,19H,13H2,(H,29,31)(H,33,34). The second-order valence-corrected chi connectivity index (χ2v) is 7.61. The molecule has 3 rings (SSSR count). The predicted molar refractivity (Wildman–Crippen MR) is 120 cm³/mol. The van der Waals surface area contributed by atoms with Gasteiger partial charge in [0.25, 0.3) is 11.5 Å². The Balaban J connectivity index is 1.96. The zero-order valence-electron chi connectivity index (χ0n) is 17.3. The number of aliphatic carboxylic acids is 1. The highest BCUT2D eigenvalue weighted by atomic mass is 35.5. The third-order valence-corrected chi connectivity index (χ3v) is 5.20. The summed E-state index contributed by atoms with van der Waals surface area (Å²) in [6.07, 6.45) is 1.99. The summed E-state index contributed by atoms with van der Waals surface area (Å²) in [6, 6.07) is 9.72. The first kappa shape index (κ1) is 24.6. The molecule has 10 heteroatoms. The molecule has 1 unspecified atom stereocenters. The largest absolute Gasteiger partial charge is 0.480 e. The lowest BCUT2D eigenvalue weighted by Gasteiger charge is -2.18.